The van der Waals surface area contributed by atoms with Crippen molar-refractivity contribution in [1.82, 2.24) is 25.1 Å². The predicted octanol–water partition coefficient (Wildman–Crippen LogP) is 4.55. The molecule has 2 heterocycles. The van der Waals surface area contributed by atoms with E-state index in [9.17, 15) is 9.90 Å². The minimum Gasteiger partial charge on any atom is -0.393 e. The van der Waals surface area contributed by atoms with Gasteiger partial charge in [-0.2, -0.15) is 5.10 Å². The monoisotopic (exact) mass is 492 g/mol. The zero-order chi connectivity index (χ0) is 25.5. The molecule has 8 nitrogen and oxygen atoms in total. The maximum absolute atomic E-state index is 13.1. The zero-order valence-corrected chi connectivity index (χ0v) is 20.6. The molecule has 8 heteroatoms. The molecule has 0 saturated heterocycles. The molecule has 4 N–H and O–H groups in total. The van der Waals surface area contributed by atoms with Gasteiger partial charge in [0.1, 0.15) is 17.8 Å². The number of benzene rings is 3. The number of nitrogen functional groups attached to an aromatic ring is 1. The number of aryl methyl sites for hydroxylation is 1. The number of fused-ring (bicyclic) bond motifs is 2. The highest BCUT2D eigenvalue weighted by Crippen LogP contribution is 2.36. The van der Waals surface area contributed by atoms with Crippen LogP contribution in [0.4, 0.5) is 5.82 Å². The Morgan fingerprint density at radius 3 is 2.68 bits per heavy atom. The average molecular weight is 493 g/mol. The van der Waals surface area contributed by atoms with Gasteiger partial charge in [0.15, 0.2) is 5.65 Å². The fourth-order valence-electron chi connectivity index (χ4n) is 5.34. The van der Waals surface area contributed by atoms with Gasteiger partial charge in [0, 0.05) is 12.1 Å². The summed E-state index contributed by atoms with van der Waals surface area (Å²) in [4.78, 5) is 21.8. The molecule has 1 aliphatic rings. The van der Waals surface area contributed by atoms with Crippen molar-refractivity contribution in [3.8, 4) is 11.3 Å². The van der Waals surface area contributed by atoms with Crippen molar-refractivity contribution in [2.45, 2.75) is 44.9 Å². The van der Waals surface area contributed by atoms with Crippen LogP contribution in [0.25, 0.3) is 33.1 Å². The Balaban J connectivity index is 1.25. The molecule has 37 heavy (non-hydrogen) atoms. The number of aliphatic hydroxyl groups excluding tert-OH is 1. The van der Waals surface area contributed by atoms with E-state index in [1.165, 1.54) is 6.33 Å². The van der Waals surface area contributed by atoms with E-state index < -0.39 is 0 Å². The van der Waals surface area contributed by atoms with Gasteiger partial charge in [-0.1, -0.05) is 60.7 Å². The number of carbonyl (C=O) groups excluding carboxylic acids is 1. The molecule has 186 valence electrons. The van der Waals surface area contributed by atoms with Crippen molar-refractivity contribution in [1.29, 1.82) is 0 Å². The Labute approximate surface area is 214 Å². The molecule has 1 fully saturated rings. The number of anilines is 1. The molecule has 2 aromatic heterocycles. The van der Waals surface area contributed by atoms with Gasteiger partial charge in [-0.15, -0.1) is 0 Å². The fraction of sp³-hybridized carbons (Fsp3) is 0.241. The standard InChI is InChI=1S/C29H28N6O2/c1-17-6-9-19-4-2-3-5-23(19)24(17)29(37)31-15-18-7-10-20(11-8-18)26-25-27(30)32-16-33-28(25)35(34-26)21-12-13-22(36)14-21/h2-11,16,21-22,36H,12-15H2,1H3,(H,31,37)(H2,30,32,33). The summed E-state index contributed by atoms with van der Waals surface area (Å²) in [6.07, 6.45) is 3.37. The van der Waals surface area contributed by atoms with Gasteiger partial charge < -0.3 is 16.2 Å². The van der Waals surface area contributed by atoms with Gasteiger partial charge in [-0.25, -0.2) is 14.6 Å². The fourth-order valence-corrected chi connectivity index (χ4v) is 5.34. The van der Waals surface area contributed by atoms with Crippen LogP contribution < -0.4 is 11.1 Å². The van der Waals surface area contributed by atoms with Crippen LogP contribution in [0, 0.1) is 6.92 Å². The Hall–Kier alpha value is -4.30. The Kier molecular flexibility index (Phi) is 5.81. The average Bonchev–Trinajstić information content (AvgIpc) is 3.52. The lowest BCUT2D eigenvalue weighted by molar-refractivity contribution is 0.0952. The van der Waals surface area contributed by atoms with Gasteiger partial charge in [0.25, 0.3) is 5.91 Å². The first-order chi connectivity index (χ1) is 18.0. The molecule has 1 aliphatic carbocycles. The molecule has 3 aromatic carbocycles. The molecule has 6 rings (SSSR count). The van der Waals surface area contributed by atoms with Gasteiger partial charge in [0.05, 0.1) is 23.1 Å². The maximum Gasteiger partial charge on any atom is 0.252 e. The third-order valence-corrected chi connectivity index (χ3v) is 7.29. The number of nitrogens with two attached hydrogens (primary N) is 1. The number of nitrogens with zero attached hydrogens (tertiary/aromatic N) is 4. The Bertz CT molecular complexity index is 1630. The van der Waals surface area contributed by atoms with Crippen molar-refractivity contribution in [2.24, 2.45) is 0 Å². The molecule has 1 amide bonds. The molecule has 0 radical (unpaired) electrons. The third kappa shape index (κ3) is 4.19. The highest BCUT2D eigenvalue weighted by Gasteiger charge is 2.28. The molecule has 0 bridgehead atoms. The Morgan fingerprint density at radius 1 is 1.08 bits per heavy atom. The van der Waals surface area contributed by atoms with E-state index in [-0.39, 0.29) is 18.1 Å². The minimum absolute atomic E-state index is 0.0764. The van der Waals surface area contributed by atoms with E-state index >= 15 is 0 Å². The molecule has 2 unspecified atom stereocenters. The van der Waals surface area contributed by atoms with E-state index in [0.29, 0.717) is 30.0 Å². The van der Waals surface area contributed by atoms with Crippen LogP contribution in [0.5, 0.6) is 0 Å². The normalized spacial score (nSPS) is 17.5. The number of hydrogen-bond acceptors (Lipinski definition) is 6. The SMILES string of the molecule is Cc1ccc2ccccc2c1C(=O)NCc1ccc(-c2nn(C3CCC(O)C3)c3ncnc(N)c23)cc1. The van der Waals surface area contributed by atoms with Crippen molar-refractivity contribution in [3.05, 3.63) is 83.7 Å². The molecular weight excluding hydrogens is 464 g/mol. The summed E-state index contributed by atoms with van der Waals surface area (Å²) in [7, 11) is 0. The van der Waals surface area contributed by atoms with Crippen LogP contribution in [0.3, 0.4) is 0 Å². The van der Waals surface area contributed by atoms with E-state index in [1.807, 2.05) is 72.3 Å². The highest BCUT2D eigenvalue weighted by molar-refractivity contribution is 6.08. The second kappa shape index (κ2) is 9.29. The topological polar surface area (TPSA) is 119 Å². The number of hydrogen-bond donors (Lipinski definition) is 3. The predicted molar refractivity (Wildman–Crippen MR) is 144 cm³/mol. The lowest BCUT2D eigenvalue weighted by atomic mass is 9.99. The van der Waals surface area contributed by atoms with E-state index in [4.69, 9.17) is 10.8 Å². The first-order valence-corrected chi connectivity index (χ1v) is 12.5. The molecule has 1 saturated carbocycles. The van der Waals surface area contributed by atoms with E-state index in [0.717, 1.165) is 51.4 Å². The lowest BCUT2D eigenvalue weighted by Crippen LogP contribution is -2.23. The van der Waals surface area contributed by atoms with Crippen LogP contribution in [0.2, 0.25) is 0 Å². The molecular formula is C29H28N6O2. The van der Waals surface area contributed by atoms with Gasteiger partial charge >= 0.3 is 0 Å². The van der Waals surface area contributed by atoms with Gasteiger partial charge in [-0.3, -0.25) is 4.79 Å². The lowest BCUT2D eigenvalue weighted by Gasteiger charge is -2.11. The van der Waals surface area contributed by atoms with Crippen molar-refractivity contribution in [2.75, 3.05) is 5.73 Å². The quantitative estimate of drug-likeness (QED) is 0.331. The van der Waals surface area contributed by atoms with Crippen LogP contribution >= 0.6 is 0 Å². The number of nitrogens with one attached hydrogen (secondary N) is 1. The third-order valence-electron chi connectivity index (χ3n) is 7.29. The van der Waals surface area contributed by atoms with E-state index in [2.05, 4.69) is 15.3 Å². The second-order valence-corrected chi connectivity index (χ2v) is 9.73. The summed E-state index contributed by atoms with van der Waals surface area (Å²) < 4.78 is 1.89. The highest BCUT2D eigenvalue weighted by atomic mass is 16.3. The van der Waals surface area contributed by atoms with Crippen molar-refractivity contribution < 1.29 is 9.90 Å². The molecule has 2 atom stereocenters. The van der Waals surface area contributed by atoms with Gasteiger partial charge in [0.2, 0.25) is 0 Å². The molecule has 0 aliphatic heterocycles. The first-order valence-electron chi connectivity index (χ1n) is 12.5. The molecule has 5 aromatic rings. The van der Waals surface area contributed by atoms with Crippen LogP contribution in [0.15, 0.2) is 67.0 Å². The number of amides is 1. The smallest absolute Gasteiger partial charge is 0.252 e. The Morgan fingerprint density at radius 2 is 1.89 bits per heavy atom. The van der Waals surface area contributed by atoms with Crippen molar-refractivity contribution in [3.63, 3.8) is 0 Å². The summed E-state index contributed by atoms with van der Waals surface area (Å²) >= 11 is 0. The van der Waals surface area contributed by atoms with Crippen LogP contribution in [-0.4, -0.2) is 36.9 Å². The number of aromatic nitrogens is 4. The largest absolute Gasteiger partial charge is 0.393 e. The summed E-state index contributed by atoms with van der Waals surface area (Å²) in [5.74, 6) is 0.290. The van der Waals surface area contributed by atoms with Crippen LogP contribution in [0.1, 0.15) is 46.8 Å². The van der Waals surface area contributed by atoms with Crippen LogP contribution in [-0.2, 0) is 6.54 Å². The molecule has 0 spiro atoms. The number of aliphatic hydroxyl groups is 1. The van der Waals surface area contributed by atoms with Gasteiger partial charge in [-0.05, 0) is 48.1 Å². The first kappa shape index (κ1) is 23.1. The maximum atomic E-state index is 13.1. The summed E-state index contributed by atoms with van der Waals surface area (Å²) in [5.41, 5.74) is 11.2. The summed E-state index contributed by atoms with van der Waals surface area (Å²) in [5, 5.41) is 20.7. The van der Waals surface area contributed by atoms with Crippen molar-refractivity contribution >= 4 is 33.5 Å². The minimum atomic E-state index is -0.320. The number of rotatable bonds is 5. The second-order valence-electron chi connectivity index (χ2n) is 9.73. The zero-order valence-electron chi connectivity index (χ0n) is 20.6. The van der Waals surface area contributed by atoms with E-state index in [1.54, 1.807) is 0 Å². The summed E-state index contributed by atoms with van der Waals surface area (Å²) in [6.45, 7) is 2.36. The summed E-state index contributed by atoms with van der Waals surface area (Å²) in [6, 6.07) is 19.9. The number of carbonyl (C=O) groups is 1.